The van der Waals surface area contributed by atoms with Crippen molar-refractivity contribution in [2.45, 2.75) is 11.1 Å². The van der Waals surface area contributed by atoms with Crippen molar-refractivity contribution in [2.75, 3.05) is 11.3 Å². The molecule has 0 saturated heterocycles. The first-order valence-corrected chi connectivity index (χ1v) is 8.68. The fraction of sp³-hybridized carbons (Fsp3) is 0.154. The Morgan fingerprint density at radius 1 is 1.29 bits per heavy atom. The predicted octanol–water partition coefficient (Wildman–Crippen LogP) is 2.52. The van der Waals surface area contributed by atoms with Crippen LogP contribution in [-0.2, 0) is 10.0 Å². The highest BCUT2D eigenvalue weighted by Gasteiger charge is 2.16. The number of thiocarbonyl (C=S) groups is 1. The highest BCUT2D eigenvalue weighted by atomic mass is 32.2. The first-order chi connectivity index (χ1) is 9.87. The van der Waals surface area contributed by atoms with Gasteiger partial charge in [-0.1, -0.05) is 12.2 Å². The maximum absolute atomic E-state index is 12.1. The zero-order chi connectivity index (χ0) is 15.5. The van der Waals surface area contributed by atoms with Crippen LogP contribution in [-0.4, -0.2) is 20.0 Å². The van der Waals surface area contributed by atoms with Crippen LogP contribution in [0.25, 0.3) is 0 Å². The molecule has 112 valence electrons. The van der Waals surface area contributed by atoms with Gasteiger partial charge in [0.2, 0.25) is 0 Å². The van der Waals surface area contributed by atoms with E-state index in [1.807, 2.05) is 6.92 Å². The van der Waals surface area contributed by atoms with Crippen molar-refractivity contribution in [3.8, 4) is 5.75 Å². The van der Waals surface area contributed by atoms with Crippen molar-refractivity contribution < 1.29 is 13.2 Å². The molecule has 8 heteroatoms. The maximum atomic E-state index is 12.1. The number of sulfonamides is 1. The van der Waals surface area contributed by atoms with Crippen LogP contribution in [0, 0.1) is 6.92 Å². The molecule has 0 bridgehead atoms. The number of rotatable bonds is 6. The third-order valence-corrected chi connectivity index (χ3v) is 5.46. The molecule has 21 heavy (non-hydrogen) atoms. The monoisotopic (exact) mass is 342 g/mol. The highest BCUT2D eigenvalue weighted by Crippen LogP contribution is 2.24. The number of ether oxygens (including phenoxy) is 1. The second-order valence-corrected chi connectivity index (χ2v) is 7.97. The Hall–Kier alpha value is -1.64. The van der Waals surface area contributed by atoms with E-state index < -0.39 is 10.0 Å². The molecule has 0 amide bonds. The number of anilines is 1. The van der Waals surface area contributed by atoms with E-state index in [0.29, 0.717) is 11.4 Å². The third-order valence-electron chi connectivity index (χ3n) is 2.47. The molecule has 0 radical (unpaired) electrons. The SMILES string of the molecule is Cc1ccc(S(=O)(=O)Nc2ccc(OCC(N)=S)cc2)s1. The van der Waals surface area contributed by atoms with Gasteiger partial charge in [0, 0.05) is 10.6 Å². The Bertz CT molecular complexity index is 736. The average molecular weight is 342 g/mol. The van der Waals surface area contributed by atoms with E-state index in [0.717, 1.165) is 4.88 Å². The molecule has 5 nitrogen and oxygen atoms in total. The van der Waals surface area contributed by atoms with Crippen molar-refractivity contribution in [1.82, 2.24) is 0 Å². The molecule has 2 rings (SSSR count). The summed E-state index contributed by atoms with van der Waals surface area (Å²) >= 11 is 5.94. The van der Waals surface area contributed by atoms with Gasteiger partial charge in [-0.15, -0.1) is 11.3 Å². The molecule has 2 aromatic rings. The summed E-state index contributed by atoms with van der Waals surface area (Å²) in [6.45, 7) is 2.01. The molecule has 0 aliphatic carbocycles. The Kier molecular flexibility index (Phi) is 4.81. The summed E-state index contributed by atoms with van der Waals surface area (Å²) in [6, 6.07) is 9.89. The van der Waals surface area contributed by atoms with E-state index in [-0.39, 0.29) is 15.8 Å². The number of thiophene rings is 1. The molecule has 0 fully saturated rings. The number of hydrogen-bond donors (Lipinski definition) is 2. The summed E-state index contributed by atoms with van der Waals surface area (Å²) in [5, 5.41) is 0. The summed E-state index contributed by atoms with van der Waals surface area (Å²) < 4.78 is 32.4. The minimum atomic E-state index is -3.54. The van der Waals surface area contributed by atoms with Gasteiger partial charge < -0.3 is 10.5 Å². The lowest BCUT2D eigenvalue weighted by Gasteiger charge is -2.08. The average Bonchev–Trinajstić information content (AvgIpc) is 2.85. The molecule has 0 aliphatic rings. The van der Waals surface area contributed by atoms with E-state index in [1.165, 1.54) is 11.3 Å². The maximum Gasteiger partial charge on any atom is 0.271 e. The largest absolute Gasteiger partial charge is 0.487 e. The standard InChI is InChI=1S/C13H14N2O3S3/c1-9-2-7-13(20-9)21(16,17)15-10-3-5-11(6-4-10)18-8-12(14)19/h2-7,15H,8H2,1H3,(H2,14,19). The Balaban J connectivity index is 2.08. The summed E-state index contributed by atoms with van der Waals surface area (Å²) in [5.74, 6) is 0.567. The lowest BCUT2D eigenvalue weighted by atomic mass is 10.3. The molecular weight excluding hydrogens is 328 g/mol. The van der Waals surface area contributed by atoms with Crippen LogP contribution in [0.4, 0.5) is 5.69 Å². The zero-order valence-electron chi connectivity index (χ0n) is 11.2. The normalized spacial score (nSPS) is 11.1. The van der Waals surface area contributed by atoms with E-state index in [4.69, 9.17) is 22.7 Å². The van der Waals surface area contributed by atoms with Crippen LogP contribution >= 0.6 is 23.6 Å². The molecule has 1 aromatic heterocycles. The summed E-state index contributed by atoms with van der Waals surface area (Å²) in [6.07, 6.45) is 0. The molecule has 0 aliphatic heterocycles. The summed E-state index contributed by atoms with van der Waals surface area (Å²) in [7, 11) is -3.54. The van der Waals surface area contributed by atoms with Gasteiger partial charge in [0.1, 0.15) is 21.6 Å². The molecule has 0 spiro atoms. The molecule has 1 aromatic carbocycles. The van der Waals surface area contributed by atoms with Gasteiger partial charge >= 0.3 is 0 Å². The highest BCUT2D eigenvalue weighted by molar-refractivity contribution is 7.94. The molecular formula is C13H14N2O3S3. The molecule has 1 heterocycles. The summed E-state index contributed by atoms with van der Waals surface area (Å²) in [4.78, 5) is 1.20. The van der Waals surface area contributed by atoms with E-state index in [9.17, 15) is 8.42 Å². The predicted molar refractivity (Wildman–Crippen MR) is 88.6 cm³/mol. The molecule has 0 unspecified atom stereocenters. The second kappa shape index (κ2) is 6.42. The van der Waals surface area contributed by atoms with Gasteiger partial charge in [-0.2, -0.15) is 0 Å². The lowest BCUT2D eigenvalue weighted by molar-refractivity contribution is 0.377. The van der Waals surface area contributed by atoms with Gasteiger partial charge in [0.25, 0.3) is 10.0 Å². The Morgan fingerprint density at radius 2 is 1.95 bits per heavy atom. The number of hydrogen-bond acceptors (Lipinski definition) is 5. The van der Waals surface area contributed by atoms with Crippen LogP contribution in [0.2, 0.25) is 0 Å². The van der Waals surface area contributed by atoms with Crippen molar-refractivity contribution in [2.24, 2.45) is 5.73 Å². The minimum Gasteiger partial charge on any atom is -0.487 e. The smallest absolute Gasteiger partial charge is 0.271 e. The topological polar surface area (TPSA) is 81.4 Å². The van der Waals surface area contributed by atoms with Crippen molar-refractivity contribution in [3.05, 3.63) is 41.3 Å². The number of nitrogens with one attached hydrogen (secondary N) is 1. The second-order valence-electron chi connectivity index (χ2n) is 4.25. The van der Waals surface area contributed by atoms with Gasteiger partial charge in [-0.05, 0) is 43.3 Å². The molecule has 3 N–H and O–H groups in total. The van der Waals surface area contributed by atoms with Crippen molar-refractivity contribution in [1.29, 1.82) is 0 Å². The zero-order valence-corrected chi connectivity index (χ0v) is 13.6. The van der Waals surface area contributed by atoms with Crippen LogP contribution in [0.1, 0.15) is 4.88 Å². The lowest BCUT2D eigenvalue weighted by Crippen LogP contribution is -2.17. The van der Waals surface area contributed by atoms with Crippen LogP contribution in [0.5, 0.6) is 5.75 Å². The third kappa shape index (κ3) is 4.42. The number of aryl methyl sites for hydroxylation is 1. The van der Waals surface area contributed by atoms with Crippen LogP contribution in [0.15, 0.2) is 40.6 Å². The Morgan fingerprint density at radius 3 is 2.48 bits per heavy atom. The van der Waals surface area contributed by atoms with E-state index in [2.05, 4.69) is 4.72 Å². The van der Waals surface area contributed by atoms with Gasteiger partial charge in [0.15, 0.2) is 0 Å². The van der Waals surface area contributed by atoms with E-state index in [1.54, 1.807) is 36.4 Å². The number of nitrogens with two attached hydrogens (primary N) is 1. The first-order valence-electron chi connectivity index (χ1n) is 5.97. The van der Waals surface area contributed by atoms with Gasteiger partial charge in [0.05, 0.1) is 0 Å². The molecule has 0 atom stereocenters. The quantitative estimate of drug-likeness (QED) is 0.789. The Labute approximate surface area is 132 Å². The first kappa shape index (κ1) is 15.7. The fourth-order valence-electron chi connectivity index (χ4n) is 1.54. The molecule has 0 saturated carbocycles. The van der Waals surface area contributed by atoms with Crippen molar-refractivity contribution >= 4 is 44.3 Å². The minimum absolute atomic E-state index is 0.148. The van der Waals surface area contributed by atoms with Gasteiger partial charge in [-0.25, -0.2) is 8.42 Å². The summed E-state index contributed by atoms with van der Waals surface area (Å²) in [5.41, 5.74) is 5.80. The van der Waals surface area contributed by atoms with Crippen LogP contribution < -0.4 is 15.2 Å². The number of benzene rings is 1. The van der Waals surface area contributed by atoms with E-state index >= 15 is 0 Å². The fourth-order valence-corrected chi connectivity index (χ4v) is 3.94. The van der Waals surface area contributed by atoms with Crippen molar-refractivity contribution in [3.63, 3.8) is 0 Å². The van der Waals surface area contributed by atoms with Crippen LogP contribution in [0.3, 0.4) is 0 Å². The van der Waals surface area contributed by atoms with Gasteiger partial charge in [-0.3, -0.25) is 4.72 Å².